The average molecular weight is 266 g/mol. The van der Waals surface area contributed by atoms with Gasteiger partial charge in [-0.3, -0.25) is 9.97 Å². The first-order valence-corrected chi connectivity index (χ1v) is 6.33. The van der Waals surface area contributed by atoms with E-state index in [1.54, 1.807) is 24.8 Å². The highest BCUT2D eigenvalue weighted by Gasteiger charge is 1.97. The van der Waals surface area contributed by atoms with Gasteiger partial charge in [0.25, 0.3) is 0 Å². The monoisotopic (exact) mass is 266 g/mol. The number of hydrogen-bond acceptors (Lipinski definition) is 4. The zero-order chi connectivity index (χ0) is 13.9. The second kappa shape index (κ2) is 5.17. The van der Waals surface area contributed by atoms with Gasteiger partial charge in [0.15, 0.2) is 11.2 Å². The predicted molar refractivity (Wildman–Crippen MR) is 77.5 cm³/mol. The number of furan rings is 2. The second-order valence-corrected chi connectivity index (χ2v) is 4.54. The molecule has 4 aromatic rings. The van der Waals surface area contributed by atoms with Crippen LogP contribution in [0.3, 0.4) is 0 Å². The van der Waals surface area contributed by atoms with Gasteiger partial charge in [0.1, 0.15) is 11.5 Å². The van der Waals surface area contributed by atoms with Gasteiger partial charge in [-0.1, -0.05) is 0 Å². The Kier molecular flexibility index (Phi) is 3.21. The van der Waals surface area contributed by atoms with Crippen molar-refractivity contribution >= 4 is 21.9 Å². The minimum Gasteiger partial charge on any atom is -0.460 e. The Morgan fingerprint density at radius 3 is 1.60 bits per heavy atom. The Bertz CT molecular complexity index is 708. The molecular weight excluding hydrogens is 252 g/mol. The zero-order valence-corrected chi connectivity index (χ0v) is 11.3. The Labute approximate surface area is 116 Å². The lowest BCUT2D eigenvalue weighted by Gasteiger charge is -1.81. The van der Waals surface area contributed by atoms with Crippen LogP contribution in [-0.2, 0) is 0 Å². The molecule has 0 aliphatic heterocycles. The highest BCUT2D eigenvalue weighted by atomic mass is 16.3. The Morgan fingerprint density at radius 2 is 1.20 bits per heavy atom. The maximum atomic E-state index is 5.31. The first-order chi connectivity index (χ1) is 9.72. The number of nitrogens with zero attached hydrogens (tertiary/aromatic N) is 2. The van der Waals surface area contributed by atoms with E-state index in [0.717, 1.165) is 33.5 Å². The molecular formula is C16H14N2O2. The van der Waals surface area contributed by atoms with Gasteiger partial charge in [0.05, 0.1) is 12.4 Å². The summed E-state index contributed by atoms with van der Waals surface area (Å²) >= 11 is 0. The molecule has 0 atom stereocenters. The molecule has 20 heavy (non-hydrogen) atoms. The normalized spacial score (nSPS) is 10.5. The summed E-state index contributed by atoms with van der Waals surface area (Å²) in [6, 6.07) is 7.87. The van der Waals surface area contributed by atoms with Gasteiger partial charge >= 0.3 is 0 Å². The third-order valence-corrected chi connectivity index (χ3v) is 2.89. The fraction of sp³-hybridized carbons (Fsp3) is 0.125. The highest BCUT2D eigenvalue weighted by molar-refractivity contribution is 5.76. The molecule has 0 N–H and O–H groups in total. The SMILES string of the molecule is Cc1cc2ccncc2o1.Cc1cc2ccncc2o1. The van der Waals surface area contributed by atoms with Crippen LogP contribution in [0.15, 0.2) is 57.9 Å². The van der Waals surface area contributed by atoms with Crippen molar-refractivity contribution in [1.29, 1.82) is 0 Å². The molecule has 0 aliphatic carbocycles. The number of aryl methyl sites for hydroxylation is 2. The van der Waals surface area contributed by atoms with Crippen molar-refractivity contribution in [2.75, 3.05) is 0 Å². The quantitative estimate of drug-likeness (QED) is 0.477. The molecule has 0 amide bonds. The lowest BCUT2D eigenvalue weighted by molar-refractivity contribution is 0.577. The van der Waals surface area contributed by atoms with Crippen LogP contribution in [-0.4, -0.2) is 9.97 Å². The molecule has 4 heteroatoms. The molecule has 4 heterocycles. The van der Waals surface area contributed by atoms with E-state index < -0.39 is 0 Å². The van der Waals surface area contributed by atoms with Crippen LogP contribution < -0.4 is 0 Å². The van der Waals surface area contributed by atoms with Gasteiger partial charge in [-0.2, -0.15) is 0 Å². The standard InChI is InChI=1S/2C8H7NO/c2*1-6-4-7-2-3-9-5-8(7)10-6/h2*2-5H,1H3. The number of pyridine rings is 2. The van der Waals surface area contributed by atoms with Crippen LogP contribution in [0.2, 0.25) is 0 Å². The van der Waals surface area contributed by atoms with Gasteiger partial charge in [0, 0.05) is 23.2 Å². The fourth-order valence-electron chi connectivity index (χ4n) is 2.03. The summed E-state index contributed by atoms with van der Waals surface area (Å²) in [5.41, 5.74) is 1.72. The first kappa shape index (κ1) is 12.4. The molecule has 0 unspecified atom stereocenters. The van der Waals surface area contributed by atoms with Crippen LogP contribution in [0.4, 0.5) is 0 Å². The summed E-state index contributed by atoms with van der Waals surface area (Å²) in [6.45, 7) is 3.86. The molecule has 0 aliphatic rings. The molecule has 0 bridgehead atoms. The van der Waals surface area contributed by atoms with Crippen LogP contribution in [0.5, 0.6) is 0 Å². The first-order valence-electron chi connectivity index (χ1n) is 6.33. The lowest BCUT2D eigenvalue weighted by atomic mass is 10.3. The lowest BCUT2D eigenvalue weighted by Crippen LogP contribution is -1.65. The van der Waals surface area contributed by atoms with E-state index in [0.29, 0.717) is 0 Å². The van der Waals surface area contributed by atoms with Gasteiger partial charge in [-0.15, -0.1) is 0 Å². The molecule has 0 saturated carbocycles. The summed E-state index contributed by atoms with van der Waals surface area (Å²) in [5.74, 6) is 1.87. The van der Waals surface area contributed by atoms with E-state index in [-0.39, 0.29) is 0 Å². The van der Waals surface area contributed by atoms with Gasteiger partial charge in [0.2, 0.25) is 0 Å². The smallest absolute Gasteiger partial charge is 0.152 e. The minimum atomic E-state index is 0.861. The molecule has 100 valence electrons. The Morgan fingerprint density at radius 1 is 0.750 bits per heavy atom. The zero-order valence-electron chi connectivity index (χ0n) is 11.3. The Hall–Kier alpha value is -2.62. The number of rotatable bonds is 0. The highest BCUT2D eigenvalue weighted by Crippen LogP contribution is 2.16. The largest absolute Gasteiger partial charge is 0.460 e. The predicted octanol–water partition coefficient (Wildman–Crippen LogP) is 4.27. The van der Waals surface area contributed by atoms with Gasteiger partial charge in [-0.25, -0.2) is 0 Å². The average Bonchev–Trinajstić information content (AvgIpc) is 2.99. The molecule has 4 rings (SSSR count). The molecule has 0 radical (unpaired) electrons. The van der Waals surface area contributed by atoms with E-state index in [1.165, 1.54) is 0 Å². The topological polar surface area (TPSA) is 52.1 Å². The summed E-state index contributed by atoms with van der Waals surface area (Å²) in [6.07, 6.45) is 6.97. The van der Waals surface area contributed by atoms with E-state index in [1.807, 2.05) is 38.1 Å². The van der Waals surface area contributed by atoms with Crippen molar-refractivity contribution in [3.8, 4) is 0 Å². The van der Waals surface area contributed by atoms with E-state index in [2.05, 4.69) is 9.97 Å². The molecule has 4 aromatic heterocycles. The molecule has 4 nitrogen and oxygen atoms in total. The third kappa shape index (κ3) is 2.54. The van der Waals surface area contributed by atoms with Gasteiger partial charge in [-0.05, 0) is 38.1 Å². The van der Waals surface area contributed by atoms with Crippen LogP contribution in [0, 0.1) is 13.8 Å². The fourth-order valence-corrected chi connectivity index (χ4v) is 2.03. The summed E-state index contributed by atoms with van der Waals surface area (Å²) < 4.78 is 10.6. The van der Waals surface area contributed by atoms with Crippen molar-refractivity contribution in [3.63, 3.8) is 0 Å². The molecule has 0 spiro atoms. The molecule has 0 aromatic carbocycles. The minimum absolute atomic E-state index is 0.861. The second-order valence-electron chi connectivity index (χ2n) is 4.54. The van der Waals surface area contributed by atoms with Crippen molar-refractivity contribution < 1.29 is 8.83 Å². The molecule has 0 fully saturated rings. The summed E-state index contributed by atoms with van der Waals surface area (Å²) in [7, 11) is 0. The summed E-state index contributed by atoms with van der Waals surface area (Å²) in [5, 5.41) is 2.24. The van der Waals surface area contributed by atoms with E-state index >= 15 is 0 Å². The number of fused-ring (bicyclic) bond motifs is 2. The van der Waals surface area contributed by atoms with E-state index in [4.69, 9.17) is 8.83 Å². The number of hydrogen-bond donors (Lipinski definition) is 0. The van der Waals surface area contributed by atoms with Crippen LogP contribution >= 0.6 is 0 Å². The number of aromatic nitrogens is 2. The van der Waals surface area contributed by atoms with Crippen molar-refractivity contribution in [2.24, 2.45) is 0 Å². The maximum Gasteiger partial charge on any atom is 0.152 e. The third-order valence-electron chi connectivity index (χ3n) is 2.89. The van der Waals surface area contributed by atoms with Crippen molar-refractivity contribution in [3.05, 3.63) is 60.6 Å². The summed E-state index contributed by atoms with van der Waals surface area (Å²) in [4.78, 5) is 7.86. The van der Waals surface area contributed by atoms with E-state index in [9.17, 15) is 0 Å². The van der Waals surface area contributed by atoms with Gasteiger partial charge < -0.3 is 8.83 Å². The van der Waals surface area contributed by atoms with Crippen molar-refractivity contribution in [1.82, 2.24) is 9.97 Å². The maximum absolute atomic E-state index is 5.31. The Balaban J connectivity index is 0.000000121. The van der Waals surface area contributed by atoms with Crippen LogP contribution in [0.1, 0.15) is 11.5 Å². The van der Waals surface area contributed by atoms with Crippen LogP contribution in [0.25, 0.3) is 21.9 Å². The van der Waals surface area contributed by atoms with Crippen molar-refractivity contribution in [2.45, 2.75) is 13.8 Å². The molecule has 0 saturated heterocycles.